The average Bonchev–Trinajstić information content (AvgIpc) is 2.94. The van der Waals surface area contributed by atoms with E-state index in [4.69, 9.17) is 10.3 Å². The van der Waals surface area contributed by atoms with Crippen molar-refractivity contribution in [2.45, 2.75) is 71.4 Å². The van der Waals surface area contributed by atoms with Crippen molar-refractivity contribution < 1.29 is 9.32 Å². The summed E-state index contributed by atoms with van der Waals surface area (Å²) < 4.78 is 5.37. The number of carbonyl (C=O) groups is 1. The number of hydrogen-bond acceptors (Lipinski definition) is 4. The van der Waals surface area contributed by atoms with Gasteiger partial charge in [-0.25, -0.2) is 0 Å². The molecule has 2 aliphatic rings. The van der Waals surface area contributed by atoms with E-state index >= 15 is 0 Å². The number of nitrogens with two attached hydrogens (primary N) is 1. The van der Waals surface area contributed by atoms with Crippen LogP contribution in [0.4, 0.5) is 0 Å². The largest absolute Gasteiger partial charge is 0.361 e. The third-order valence-electron chi connectivity index (χ3n) is 5.83. The van der Waals surface area contributed by atoms with Crippen LogP contribution in [0.3, 0.4) is 0 Å². The summed E-state index contributed by atoms with van der Waals surface area (Å²) >= 11 is 0. The van der Waals surface area contributed by atoms with E-state index in [1.54, 1.807) is 0 Å². The fourth-order valence-corrected chi connectivity index (χ4v) is 4.46. The first-order valence-corrected chi connectivity index (χ1v) is 9.13. The SMILES string of the molecule is CCc1noc(CC)c1CNC(=O)C1CC2CCCC(C1)C2N.Cl. The van der Waals surface area contributed by atoms with Crippen molar-refractivity contribution in [3.05, 3.63) is 17.0 Å². The number of nitrogens with zero attached hydrogens (tertiary/aromatic N) is 1. The molecule has 0 spiro atoms. The molecule has 5 nitrogen and oxygen atoms in total. The van der Waals surface area contributed by atoms with Crippen molar-refractivity contribution in [3.8, 4) is 0 Å². The molecule has 1 heterocycles. The second kappa shape index (κ2) is 8.34. The lowest BCUT2D eigenvalue weighted by Crippen LogP contribution is -2.49. The molecule has 1 amide bonds. The van der Waals surface area contributed by atoms with E-state index in [1.165, 1.54) is 19.3 Å². The Labute approximate surface area is 150 Å². The van der Waals surface area contributed by atoms with Crippen LogP contribution in [0.25, 0.3) is 0 Å². The van der Waals surface area contributed by atoms with Gasteiger partial charge < -0.3 is 15.6 Å². The third-order valence-corrected chi connectivity index (χ3v) is 5.83. The van der Waals surface area contributed by atoms with E-state index in [0.29, 0.717) is 24.4 Å². The zero-order chi connectivity index (χ0) is 16.4. The van der Waals surface area contributed by atoms with Gasteiger partial charge in [0.15, 0.2) is 0 Å². The molecule has 0 aliphatic heterocycles. The van der Waals surface area contributed by atoms with Crippen LogP contribution in [0.5, 0.6) is 0 Å². The average molecular weight is 356 g/mol. The number of nitrogens with one attached hydrogen (secondary N) is 1. The smallest absolute Gasteiger partial charge is 0.223 e. The Hall–Kier alpha value is -1.07. The molecule has 2 saturated carbocycles. The van der Waals surface area contributed by atoms with Crippen LogP contribution in [-0.2, 0) is 24.2 Å². The van der Waals surface area contributed by atoms with Crippen molar-refractivity contribution in [3.63, 3.8) is 0 Å². The molecule has 2 atom stereocenters. The van der Waals surface area contributed by atoms with E-state index in [0.717, 1.165) is 42.7 Å². The Kier molecular flexibility index (Phi) is 6.70. The Morgan fingerprint density at radius 3 is 2.50 bits per heavy atom. The number of aromatic nitrogens is 1. The highest BCUT2D eigenvalue weighted by Gasteiger charge is 2.40. The summed E-state index contributed by atoms with van der Waals surface area (Å²) in [6, 6.07) is 0.310. The van der Waals surface area contributed by atoms with Gasteiger partial charge in [-0.2, -0.15) is 0 Å². The quantitative estimate of drug-likeness (QED) is 0.850. The summed E-state index contributed by atoms with van der Waals surface area (Å²) in [5.41, 5.74) is 8.35. The van der Waals surface area contributed by atoms with E-state index in [1.807, 2.05) is 0 Å². The number of halogens is 1. The van der Waals surface area contributed by atoms with E-state index < -0.39 is 0 Å². The third kappa shape index (κ3) is 3.77. The minimum atomic E-state index is 0. The number of hydrogen-bond donors (Lipinski definition) is 2. The molecule has 0 aromatic carbocycles. The molecule has 0 radical (unpaired) electrons. The Bertz CT molecular complexity index is 525. The van der Waals surface area contributed by atoms with Crippen LogP contribution in [0.15, 0.2) is 4.52 Å². The van der Waals surface area contributed by atoms with Crippen molar-refractivity contribution in [1.82, 2.24) is 10.5 Å². The van der Waals surface area contributed by atoms with Gasteiger partial charge in [0, 0.05) is 30.5 Å². The number of amides is 1. The molecule has 3 rings (SSSR count). The molecule has 6 heteroatoms. The summed E-state index contributed by atoms with van der Waals surface area (Å²) in [5, 5.41) is 7.24. The van der Waals surface area contributed by atoms with Gasteiger partial charge in [-0.15, -0.1) is 12.4 Å². The first kappa shape index (κ1) is 19.3. The van der Waals surface area contributed by atoms with E-state index in [-0.39, 0.29) is 24.2 Å². The van der Waals surface area contributed by atoms with Crippen LogP contribution < -0.4 is 11.1 Å². The molecule has 136 valence electrons. The normalized spacial score (nSPS) is 29.0. The van der Waals surface area contributed by atoms with Gasteiger partial charge >= 0.3 is 0 Å². The van der Waals surface area contributed by atoms with Crippen molar-refractivity contribution >= 4 is 18.3 Å². The fourth-order valence-electron chi connectivity index (χ4n) is 4.46. The number of aryl methyl sites for hydroxylation is 2. The second-order valence-electron chi connectivity index (χ2n) is 7.15. The molecule has 2 unspecified atom stereocenters. The van der Waals surface area contributed by atoms with Gasteiger partial charge in [0.2, 0.25) is 5.91 Å². The highest BCUT2D eigenvalue weighted by atomic mass is 35.5. The van der Waals surface area contributed by atoms with Gasteiger partial charge in [0.05, 0.1) is 5.69 Å². The lowest BCUT2D eigenvalue weighted by Gasteiger charge is -2.43. The molecule has 2 fully saturated rings. The minimum Gasteiger partial charge on any atom is -0.361 e. The zero-order valence-corrected chi connectivity index (χ0v) is 15.5. The fraction of sp³-hybridized carbons (Fsp3) is 0.778. The number of fused-ring (bicyclic) bond motifs is 2. The minimum absolute atomic E-state index is 0. The Balaban J connectivity index is 0.00000208. The highest BCUT2D eigenvalue weighted by molar-refractivity contribution is 5.85. The number of carbonyl (C=O) groups excluding carboxylic acids is 1. The lowest BCUT2D eigenvalue weighted by molar-refractivity contribution is -0.128. The molecule has 3 N–H and O–H groups in total. The van der Waals surface area contributed by atoms with Gasteiger partial charge in [-0.3, -0.25) is 4.79 Å². The molecular formula is C18H30ClN3O2. The first-order chi connectivity index (χ1) is 11.1. The summed E-state index contributed by atoms with van der Waals surface area (Å²) in [5.74, 6) is 2.27. The maximum Gasteiger partial charge on any atom is 0.223 e. The summed E-state index contributed by atoms with van der Waals surface area (Å²) in [6.45, 7) is 4.65. The van der Waals surface area contributed by atoms with Gasteiger partial charge in [0.25, 0.3) is 0 Å². The number of rotatable bonds is 5. The first-order valence-electron chi connectivity index (χ1n) is 9.13. The zero-order valence-electron chi connectivity index (χ0n) is 14.7. The predicted octanol–water partition coefficient (Wildman–Crippen LogP) is 2.99. The van der Waals surface area contributed by atoms with Gasteiger partial charge in [-0.1, -0.05) is 25.4 Å². The van der Waals surface area contributed by atoms with E-state index in [2.05, 4.69) is 24.3 Å². The topological polar surface area (TPSA) is 81.2 Å². The van der Waals surface area contributed by atoms with Crippen LogP contribution in [0, 0.1) is 17.8 Å². The summed E-state index contributed by atoms with van der Waals surface area (Å²) in [7, 11) is 0. The molecular weight excluding hydrogens is 326 g/mol. The Morgan fingerprint density at radius 1 is 1.25 bits per heavy atom. The van der Waals surface area contributed by atoms with Gasteiger partial charge in [0.1, 0.15) is 5.76 Å². The Morgan fingerprint density at radius 2 is 1.92 bits per heavy atom. The monoisotopic (exact) mass is 355 g/mol. The molecule has 1 aromatic heterocycles. The van der Waals surface area contributed by atoms with Crippen molar-refractivity contribution in [2.75, 3.05) is 0 Å². The summed E-state index contributed by atoms with van der Waals surface area (Å²) in [4.78, 5) is 12.6. The highest BCUT2D eigenvalue weighted by Crippen LogP contribution is 2.41. The molecule has 2 aliphatic carbocycles. The van der Waals surface area contributed by atoms with E-state index in [9.17, 15) is 4.79 Å². The predicted molar refractivity (Wildman–Crippen MR) is 95.9 cm³/mol. The molecule has 0 saturated heterocycles. The van der Waals surface area contributed by atoms with Crippen LogP contribution in [-0.4, -0.2) is 17.1 Å². The molecule has 1 aromatic rings. The lowest BCUT2D eigenvalue weighted by atomic mass is 9.65. The molecule has 24 heavy (non-hydrogen) atoms. The van der Waals surface area contributed by atoms with Crippen molar-refractivity contribution in [2.24, 2.45) is 23.5 Å². The van der Waals surface area contributed by atoms with Gasteiger partial charge in [-0.05, 0) is 43.9 Å². The standard InChI is InChI=1S/C18H29N3O2.ClH/c1-3-15-14(16(4-2)23-21-15)10-20-18(22)13-8-11-6-5-7-12(9-13)17(11)19;/h11-13,17H,3-10,19H2,1-2H3,(H,20,22);1H. The van der Waals surface area contributed by atoms with Crippen molar-refractivity contribution in [1.29, 1.82) is 0 Å². The second-order valence-corrected chi connectivity index (χ2v) is 7.15. The van der Waals surface area contributed by atoms with Crippen LogP contribution in [0.1, 0.15) is 63.0 Å². The maximum absolute atomic E-state index is 12.6. The van der Waals surface area contributed by atoms with Crippen LogP contribution >= 0.6 is 12.4 Å². The maximum atomic E-state index is 12.6. The summed E-state index contributed by atoms with van der Waals surface area (Å²) in [6.07, 6.45) is 7.19. The molecule has 2 bridgehead atoms. The van der Waals surface area contributed by atoms with Crippen LogP contribution in [0.2, 0.25) is 0 Å².